The molecule has 0 aliphatic rings. The van der Waals surface area contributed by atoms with E-state index < -0.39 is 18.2 Å². The first-order valence-corrected chi connectivity index (χ1v) is 5.77. The highest BCUT2D eigenvalue weighted by Crippen LogP contribution is 2.33. The van der Waals surface area contributed by atoms with Crippen molar-refractivity contribution in [3.05, 3.63) is 29.8 Å². The maximum absolute atomic E-state index is 13.0. The second kappa shape index (κ2) is 6.99. The number of halogens is 3. The van der Waals surface area contributed by atoms with Crippen molar-refractivity contribution in [2.75, 3.05) is 13.7 Å². The molecule has 1 rings (SSSR count). The van der Waals surface area contributed by atoms with Crippen LogP contribution >= 0.6 is 0 Å². The summed E-state index contributed by atoms with van der Waals surface area (Å²) < 4.78 is 43.7. The largest absolute Gasteiger partial charge is 0.497 e. The van der Waals surface area contributed by atoms with Gasteiger partial charge in [-0.05, 0) is 24.6 Å². The SMILES string of the molecule is CCONC(=O)N[C@@H](c1ccc(OC)cc1)C(F)(F)F. The average Bonchev–Trinajstić information content (AvgIpc) is 2.41. The van der Waals surface area contributed by atoms with Crippen molar-refractivity contribution < 1.29 is 27.5 Å². The molecule has 0 saturated heterocycles. The van der Waals surface area contributed by atoms with Crippen LogP contribution in [-0.2, 0) is 4.84 Å². The van der Waals surface area contributed by atoms with Crippen molar-refractivity contribution in [3.8, 4) is 5.75 Å². The summed E-state index contributed by atoms with van der Waals surface area (Å²) >= 11 is 0. The van der Waals surface area contributed by atoms with E-state index in [0.717, 1.165) is 0 Å². The minimum absolute atomic E-state index is 0.107. The van der Waals surface area contributed by atoms with Gasteiger partial charge in [0.25, 0.3) is 0 Å². The first-order valence-electron chi connectivity index (χ1n) is 5.77. The van der Waals surface area contributed by atoms with Crippen LogP contribution in [0.15, 0.2) is 24.3 Å². The summed E-state index contributed by atoms with van der Waals surface area (Å²) in [5, 5.41) is 1.80. The molecule has 0 unspecified atom stereocenters. The molecule has 0 fully saturated rings. The van der Waals surface area contributed by atoms with Crippen molar-refractivity contribution in [2.45, 2.75) is 19.1 Å². The van der Waals surface area contributed by atoms with Crippen LogP contribution in [0.4, 0.5) is 18.0 Å². The van der Waals surface area contributed by atoms with E-state index in [2.05, 4.69) is 4.84 Å². The average molecular weight is 292 g/mol. The summed E-state index contributed by atoms with van der Waals surface area (Å²) in [7, 11) is 1.41. The van der Waals surface area contributed by atoms with E-state index in [9.17, 15) is 18.0 Å². The quantitative estimate of drug-likeness (QED) is 0.820. The standard InChI is InChI=1S/C12H15F3N2O3/c1-3-20-17-11(18)16-10(12(13,14)15)8-4-6-9(19-2)7-5-8/h4-7,10H,3H2,1-2H3,(H2,16,17,18)/t10-/m0/s1. The van der Waals surface area contributed by atoms with E-state index in [1.165, 1.54) is 31.4 Å². The zero-order chi connectivity index (χ0) is 15.2. The highest BCUT2D eigenvalue weighted by molar-refractivity contribution is 5.73. The lowest BCUT2D eigenvalue weighted by molar-refractivity contribution is -0.155. The van der Waals surface area contributed by atoms with Crippen LogP contribution in [0.5, 0.6) is 5.75 Å². The molecule has 8 heteroatoms. The van der Waals surface area contributed by atoms with Crippen LogP contribution < -0.4 is 15.5 Å². The van der Waals surface area contributed by atoms with E-state index in [-0.39, 0.29) is 12.2 Å². The molecule has 1 aromatic rings. The van der Waals surface area contributed by atoms with Gasteiger partial charge in [0.1, 0.15) is 5.75 Å². The maximum Gasteiger partial charge on any atom is 0.412 e. The molecule has 0 aromatic heterocycles. The van der Waals surface area contributed by atoms with Crippen LogP contribution in [-0.4, -0.2) is 25.9 Å². The van der Waals surface area contributed by atoms with Gasteiger partial charge >= 0.3 is 12.2 Å². The molecule has 1 atom stereocenters. The molecule has 112 valence electrons. The van der Waals surface area contributed by atoms with Crippen LogP contribution in [0.25, 0.3) is 0 Å². The topological polar surface area (TPSA) is 59.6 Å². The molecule has 0 bridgehead atoms. The fraction of sp³-hybridized carbons (Fsp3) is 0.417. The number of benzene rings is 1. The van der Waals surface area contributed by atoms with Crippen molar-refractivity contribution >= 4 is 6.03 Å². The summed E-state index contributed by atoms with van der Waals surface area (Å²) in [5.41, 5.74) is 1.75. The first-order chi connectivity index (χ1) is 9.38. The smallest absolute Gasteiger partial charge is 0.412 e. The molecule has 0 radical (unpaired) electrons. The number of carbonyl (C=O) groups excluding carboxylic acids is 1. The number of amides is 2. The lowest BCUT2D eigenvalue weighted by Crippen LogP contribution is -2.43. The van der Waals surface area contributed by atoms with Gasteiger partial charge in [-0.1, -0.05) is 12.1 Å². The first kappa shape index (κ1) is 16.1. The molecule has 1 aromatic carbocycles. The number of ether oxygens (including phenoxy) is 1. The van der Waals surface area contributed by atoms with E-state index in [0.29, 0.717) is 5.75 Å². The van der Waals surface area contributed by atoms with Gasteiger partial charge in [-0.2, -0.15) is 13.2 Å². The number of alkyl halides is 3. The van der Waals surface area contributed by atoms with E-state index in [1.54, 1.807) is 12.2 Å². The molecule has 5 nitrogen and oxygen atoms in total. The third-order valence-corrected chi connectivity index (χ3v) is 2.36. The normalized spacial score (nSPS) is 12.7. The summed E-state index contributed by atoms with van der Waals surface area (Å²) in [6.45, 7) is 1.73. The zero-order valence-corrected chi connectivity index (χ0v) is 11.0. The fourth-order valence-electron chi connectivity index (χ4n) is 1.45. The Hall–Kier alpha value is -1.96. The Labute approximate surface area is 114 Å². The van der Waals surface area contributed by atoms with Crippen molar-refractivity contribution in [2.24, 2.45) is 0 Å². The third-order valence-electron chi connectivity index (χ3n) is 2.36. The van der Waals surface area contributed by atoms with Gasteiger partial charge in [0.05, 0.1) is 13.7 Å². The molecular weight excluding hydrogens is 277 g/mol. The van der Waals surface area contributed by atoms with Gasteiger partial charge < -0.3 is 10.1 Å². The summed E-state index contributed by atoms with van der Waals surface area (Å²) in [5.74, 6) is 0.424. The Balaban J connectivity index is 2.86. The second-order valence-electron chi connectivity index (χ2n) is 3.76. The van der Waals surface area contributed by atoms with Crippen molar-refractivity contribution in [3.63, 3.8) is 0 Å². The fourth-order valence-corrected chi connectivity index (χ4v) is 1.45. The van der Waals surface area contributed by atoms with Crippen molar-refractivity contribution in [1.29, 1.82) is 0 Å². The van der Waals surface area contributed by atoms with E-state index >= 15 is 0 Å². The van der Waals surface area contributed by atoms with Crippen LogP contribution in [0.2, 0.25) is 0 Å². The van der Waals surface area contributed by atoms with Crippen LogP contribution in [0.1, 0.15) is 18.5 Å². The summed E-state index contributed by atoms with van der Waals surface area (Å²) in [6.07, 6.45) is -4.63. The number of carbonyl (C=O) groups is 1. The number of rotatable bonds is 5. The zero-order valence-electron chi connectivity index (χ0n) is 11.0. The predicted molar refractivity (Wildman–Crippen MR) is 65.1 cm³/mol. The number of nitrogens with one attached hydrogen (secondary N) is 2. The summed E-state index contributed by atoms with van der Waals surface area (Å²) in [4.78, 5) is 15.8. The Morgan fingerprint density at radius 2 is 1.90 bits per heavy atom. The Morgan fingerprint density at radius 1 is 1.30 bits per heavy atom. The molecule has 2 amide bonds. The molecule has 20 heavy (non-hydrogen) atoms. The molecule has 0 spiro atoms. The highest BCUT2D eigenvalue weighted by atomic mass is 19.4. The summed E-state index contributed by atoms with van der Waals surface area (Å²) in [6, 6.07) is 2.04. The minimum Gasteiger partial charge on any atom is -0.497 e. The van der Waals surface area contributed by atoms with Gasteiger partial charge in [0.2, 0.25) is 0 Å². The molecule has 2 N–H and O–H groups in total. The molecule has 0 saturated carbocycles. The molecule has 0 heterocycles. The monoisotopic (exact) mass is 292 g/mol. The lowest BCUT2D eigenvalue weighted by atomic mass is 10.1. The third kappa shape index (κ3) is 4.61. The van der Waals surface area contributed by atoms with Crippen molar-refractivity contribution in [1.82, 2.24) is 10.8 Å². The number of urea groups is 1. The minimum atomic E-state index is -4.63. The molecule has 0 aliphatic heterocycles. The number of methoxy groups -OCH3 is 1. The van der Waals surface area contributed by atoms with Gasteiger partial charge in [-0.15, -0.1) is 0 Å². The number of hydrogen-bond acceptors (Lipinski definition) is 3. The number of hydroxylamine groups is 1. The van der Waals surface area contributed by atoms with Gasteiger partial charge in [0, 0.05) is 0 Å². The highest BCUT2D eigenvalue weighted by Gasteiger charge is 2.42. The second-order valence-corrected chi connectivity index (χ2v) is 3.76. The van der Waals surface area contributed by atoms with E-state index in [4.69, 9.17) is 4.74 Å². The van der Waals surface area contributed by atoms with E-state index in [1.807, 2.05) is 5.48 Å². The number of hydrogen-bond donors (Lipinski definition) is 2. The van der Waals surface area contributed by atoms with Gasteiger partial charge in [0.15, 0.2) is 6.04 Å². The predicted octanol–water partition coefficient (Wildman–Crippen LogP) is 2.55. The van der Waals surface area contributed by atoms with Crippen LogP contribution in [0, 0.1) is 0 Å². The Kier molecular flexibility index (Phi) is 5.63. The molecular formula is C12H15F3N2O3. The Bertz CT molecular complexity index is 435. The van der Waals surface area contributed by atoms with Gasteiger partial charge in [-0.3, -0.25) is 4.84 Å². The van der Waals surface area contributed by atoms with Gasteiger partial charge in [-0.25, -0.2) is 10.3 Å². The Morgan fingerprint density at radius 3 is 2.35 bits per heavy atom. The molecule has 0 aliphatic carbocycles. The lowest BCUT2D eigenvalue weighted by Gasteiger charge is -2.22. The van der Waals surface area contributed by atoms with Crippen LogP contribution in [0.3, 0.4) is 0 Å². The maximum atomic E-state index is 13.0.